The fourth-order valence-corrected chi connectivity index (χ4v) is 2.25. The van der Waals surface area contributed by atoms with Crippen molar-refractivity contribution in [3.8, 4) is 0 Å². The molecule has 0 aliphatic carbocycles. The third kappa shape index (κ3) is 2.18. The predicted molar refractivity (Wildman–Crippen MR) is 75.7 cm³/mol. The molecular weight excluding hydrogens is 290 g/mol. The Labute approximate surface area is 114 Å². The summed E-state index contributed by atoms with van der Waals surface area (Å²) < 4.78 is 6.89. The normalized spacial score (nSPS) is 11.0. The van der Waals surface area contributed by atoms with Crippen molar-refractivity contribution in [2.45, 2.75) is 13.3 Å². The largest absolute Gasteiger partial charge is 0.440 e. The van der Waals surface area contributed by atoms with Crippen LogP contribution in [0.25, 0.3) is 11.1 Å². The van der Waals surface area contributed by atoms with Crippen LogP contribution in [0.1, 0.15) is 17.0 Å². The fourth-order valence-electron chi connectivity index (χ4n) is 1.99. The molecule has 0 atom stereocenters. The highest BCUT2D eigenvalue weighted by Gasteiger charge is 2.08. The molecule has 2 aromatic carbocycles. The molecule has 1 aromatic heterocycles. The van der Waals surface area contributed by atoms with Crippen LogP contribution in [0.15, 0.2) is 51.4 Å². The molecule has 3 rings (SSSR count). The molecule has 0 saturated heterocycles. The maximum atomic E-state index is 5.81. The van der Waals surface area contributed by atoms with Crippen molar-refractivity contribution in [1.82, 2.24) is 4.98 Å². The van der Waals surface area contributed by atoms with Gasteiger partial charge in [0.15, 0.2) is 11.5 Å². The van der Waals surface area contributed by atoms with E-state index in [1.54, 1.807) is 0 Å². The zero-order chi connectivity index (χ0) is 12.5. The van der Waals surface area contributed by atoms with E-state index in [1.165, 1.54) is 5.56 Å². The van der Waals surface area contributed by atoms with Gasteiger partial charge in [0.2, 0.25) is 0 Å². The first-order valence-corrected chi connectivity index (χ1v) is 6.61. The van der Waals surface area contributed by atoms with Crippen LogP contribution < -0.4 is 0 Å². The van der Waals surface area contributed by atoms with Crippen LogP contribution in [0.3, 0.4) is 0 Å². The van der Waals surface area contributed by atoms with Crippen molar-refractivity contribution in [2.75, 3.05) is 0 Å². The van der Waals surface area contributed by atoms with Gasteiger partial charge in [0, 0.05) is 10.9 Å². The third-order valence-corrected chi connectivity index (χ3v) is 3.45. The van der Waals surface area contributed by atoms with Gasteiger partial charge in [0.05, 0.1) is 0 Å². The van der Waals surface area contributed by atoms with Gasteiger partial charge in [-0.2, -0.15) is 0 Å². The smallest absolute Gasteiger partial charge is 0.199 e. The molecule has 0 bridgehead atoms. The lowest BCUT2D eigenvalue weighted by atomic mass is 10.1. The highest BCUT2D eigenvalue weighted by atomic mass is 79.9. The lowest BCUT2D eigenvalue weighted by molar-refractivity contribution is 0.542. The van der Waals surface area contributed by atoms with Crippen LogP contribution in [0.4, 0.5) is 0 Å². The number of rotatable bonds is 2. The van der Waals surface area contributed by atoms with Gasteiger partial charge >= 0.3 is 0 Å². The number of aryl methyl sites for hydroxylation is 1. The number of fused-ring (bicyclic) bond motifs is 1. The van der Waals surface area contributed by atoms with E-state index in [0.717, 1.165) is 33.4 Å². The summed E-state index contributed by atoms with van der Waals surface area (Å²) in [4.78, 5) is 4.51. The molecule has 0 fully saturated rings. The quantitative estimate of drug-likeness (QED) is 0.697. The molecule has 3 heteroatoms. The molecule has 0 radical (unpaired) electrons. The van der Waals surface area contributed by atoms with E-state index in [-0.39, 0.29) is 0 Å². The van der Waals surface area contributed by atoms with E-state index in [2.05, 4.69) is 33.0 Å². The zero-order valence-electron chi connectivity index (χ0n) is 9.98. The summed E-state index contributed by atoms with van der Waals surface area (Å²) in [6, 6.07) is 14.2. The third-order valence-electron chi connectivity index (χ3n) is 2.92. The maximum absolute atomic E-state index is 5.81. The number of benzene rings is 2. The van der Waals surface area contributed by atoms with Crippen LogP contribution in [0, 0.1) is 6.92 Å². The van der Waals surface area contributed by atoms with E-state index in [0.29, 0.717) is 0 Å². The van der Waals surface area contributed by atoms with Gasteiger partial charge in [0.1, 0.15) is 5.52 Å². The molecule has 1 heterocycles. The zero-order valence-corrected chi connectivity index (χ0v) is 11.6. The first-order chi connectivity index (χ1) is 8.72. The van der Waals surface area contributed by atoms with Crippen LogP contribution in [0.5, 0.6) is 0 Å². The summed E-state index contributed by atoms with van der Waals surface area (Å²) in [6.07, 6.45) is 0.724. The number of hydrogen-bond donors (Lipinski definition) is 0. The molecule has 0 amide bonds. The van der Waals surface area contributed by atoms with Crippen molar-refractivity contribution in [1.29, 1.82) is 0 Å². The molecule has 2 nitrogen and oxygen atoms in total. The number of halogens is 1. The highest BCUT2D eigenvalue weighted by molar-refractivity contribution is 9.10. The van der Waals surface area contributed by atoms with Crippen LogP contribution in [-0.4, -0.2) is 4.98 Å². The van der Waals surface area contributed by atoms with Gasteiger partial charge in [-0.25, -0.2) is 4.98 Å². The Morgan fingerprint density at radius 2 is 1.89 bits per heavy atom. The van der Waals surface area contributed by atoms with E-state index >= 15 is 0 Å². The Morgan fingerprint density at radius 1 is 1.11 bits per heavy atom. The summed E-state index contributed by atoms with van der Waals surface area (Å²) in [6.45, 7) is 2.04. The second-order valence-electron chi connectivity index (χ2n) is 4.33. The van der Waals surface area contributed by atoms with E-state index < -0.39 is 0 Å². The van der Waals surface area contributed by atoms with Gasteiger partial charge in [-0.3, -0.25) is 0 Å². The van der Waals surface area contributed by atoms with Gasteiger partial charge in [0.25, 0.3) is 0 Å². The number of hydrogen-bond acceptors (Lipinski definition) is 2. The Balaban J connectivity index is 1.95. The van der Waals surface area contributed by atoms with Gasteiger partial charge < -0.3 is 4.42 Å². The number of nitrogens with zero attached hydrogens (tertiary/aromatic N) is 1. The molecule has 90 valence electrons. The summed E-state index contributed by atoms with van der Waals surface area (Å²) in [5, 5.41) is 0. The van der Waals surface area contributed by atoms with Crippen molar-refractivity contribution in [3.05, 3.63) is 64.0 Å². The first kappa shape index (κ1) is 11.5. The van der Waals surface area contributed by atoms with Crippen LogP contribution in [-0.2, 0) is 6.42 Å². The summed E-state index contributed by atoms with van der Waals surface area (Å²) in [5.41, 5.74) is 4.15. The highest BCUT2D eigenvalue weighted by Crippen LogP contribution is 2.21. The molecule has 0 unspecified atom stereocenters. The fraction of sp³-hybridized carbons (Fsp3) is 0.133. The Morgan fingerprint density at radius 3 is 2.61 bits per heavy atom. The lowest BCUT2D eigenvalue weighted by Crippen LogP contribution is -1.87. The SMILES string of the molecule is Cc1cccc2nc(Cc3ccc(Br)cc3)oc12. The molecule has 3 aromatic rings. The average molecular weight is 302 g/mol. The number of para-hydroxylation sites is 1. The van der Waals surface area contributed by atoms with Crippen LogP contribution in [0.2, 0.25) is 0 Å². The summed E-state index contributed by atoms with van der Waals surface area (Å²) in [7, 11) is 0. The van der Waals surface area contributed by atoms with Gasteiger partial charge in [-0.1, -0.05) is 40.2 Å². The minimum Gasteiger partial charge on any atom is -0.440 e. The Hall–Kier alpha value is -1.61. The molecular formula is C15H12BrNO. The molecule has 0 saturated carbocycles. The average Bonchev–Trinajstić information content (AvgIpc) is 2.76. The standard InChI is InChI=1S/C15H12BrNO/c1-10-3-2-4-13-15(10)18-14(17-13)9-11-5-7-12(16)8-6-11/h2-8H,9H2,1H3. The van der Waals surface area contributed by atoms with E-state index in [4.69, 9.17) is 4.42 Å². The Bertz CT molecular complexity index is 685. The second-order valence-corrected chi connectivity index (χ2v) is 5.25. The van der Waals surface area contributed by atoms with Crippen LogP contribution >= 0.6 is 15.9 Å². The van der Waals surface area contributed by atoms with Crippen molar-refractivity contribution >= 4 is 27.0 Å². The van der Waals surface area contributed by atoms with Crippen molar-refractivity contribution in [3.63, 3.8) is 0 Å². The van der Waals surface area contributed by atoms with E-state index in [9.17, 15) is 0 Å². The maximum Gasteiger partial charge on any atom is 0.199 e. The predicted octanol–water partition coefficient (Wildman–Crippen LogP) is 4.49. The van der Waals surface area contributed by atoms with Gasteiger partial charge in [-0.05, 0) is 36.2 Å². The topological polar surface area (TPSA) is 26.0 Å². The van der Waals surface area contributed by atoms with Gasteiger partial charge in [-0.15, -0.1) is 0 Å². The van der Waals surface area contributed by atoms with Crippen molar-refractivity contribution in [2.24, 2.45) is 0 Å². The monoisotopic (exact) mass is 301 g/mol. The minimum absolute atomic E-state index is 0.724. The second kappa shape index (κ2) is 4.58. The molecule has 0 N–H and O–H groups in total. The summed E-state index contributed by atoms with van der Waals surface area (Å²) >= 11 is 3.43. The van der Waals surface area contributed by atoms with Crippen molar-refractivity contribution < 1.29 is 4.42 Å². The Kier molecular flexibility index (Phi) is 2.92. The minimum atomic E-state index is 0.724. The number of oxazole rings is 1. The molecule has 18 heavy (non-hydrogen) atoms. The summed E-state index contributed by atoms with van der Waals surface area (Å²) in [5.74, 6) is 0.765. The lowest BCUT2D eigenvalue weighted by Gasteiger charge is -1.97. The molecule has 0 aliphatic rings. The van der Waals surface area contributed by atoms with E-state index in [1.807, 2.05) is 37.3 Å². The number of aromatic nitrogens is 1. The first-order valence-electron chi connectivity index (χ1n) is 5.82. The molecule has 0 spiro atoms. The molecule has 0 aliphatic heterocycles.